The van der Waals surface area contributed by atoms with Crippen LogP contribution in [0.15, 0.2) is 14.6 Å². The Morgan fingerprint density at radius 3 is 2.71 bits per heavy atom. The van der Waals surface area contributed by atoms with E-state index in [1.165, 1.54) is 4.57 Å². The first-order chi connectivity index (χ1) is 8.20. The van der Waals surface area contributed by atoms with Gasteiger partial charge in [-0.3, -0.25) is 13.9 Å². The topological polar surface area (TPSA) is 56.4 Å². The molecule has 0 spiro atoms. The van der Waals surface area contributed by atoms with E-state index in [1.54, 1.807) is 10.8 Å². The van der Waals surface area contributed by atoms with Crippen LogP contribution in [0.4, 0.5) is 5.82 Å². The molecule has 17 heavy (non-hydrogen) atoms. The van der Waals surface area contributed by atoms with Crippen molar-refractivity contribution < 1.29 is 0 Å². The van der Waals surface area contributed by atoms with Crippen LogP contribution in [0.25, 0.3) is 0 Å². The minimum atomic E-state index is -0.233. The monoisotopic (exact) mass is 235 g/mol. The Labute approximate surface area is 99.4 Å². The van der Waals surface area contributed by atoms with Crippen LogP contribution in [-0.4, -0.2) is 15.3 Å². The molecule has 0 saturated carbocycles. The number of aliphatic imine (C=N–C) groups is 1. The van der Waals surface area contributed by atoms with Crippen molar-refractivity contribution in [1.82, 2.24) is 9.13 Å². The number of nitrogens with zero attached hydrogens (tertiary/aromatic N) is 3. The summed E-state index contributed by atoms with van der Waals surface area (Å²) < 4.78 is 2.93. The number of fused-ring (bicyclic) bond motifs is 1. The van der Waals surface area contributed by atoms with Gasteiger partial charge in [0.15, 0.2) is 0 Å². The molecule has 1 aromatic heterocycles. The molecule has 0 aliphatic carbocycles. The third-order valence-electron chi connectivity index (χ3n) is 3.05. The largest absolute Gasteiger partial charge is 0.332 e. The first kappa shape index (κ1) is 11.8. The lowest BCUT2D eigenvalue weighted by Crippen LogP contribution is -2.40. The van der Waals surface area contributed by atoms with Gasteiger partial charge >= 0.3 is 5.69 Å². The molecule has 1 aliphatic rings. The van der Waals surface area contributed by atoms with E-state index in [0.29, 0.717) is 30.9 Å². The third-order valence-corrected chi connectivity index (χ3v) is 3.05. The van der Waals surface area contributed by atoms with Crippen molar-refractivity contribution >= 4 is 12.0 Å². The van der Waals surface area contributed by atoms with Crippen molar-refractivity contribution in [2.75, 3.05) is 0 Å². The van der Waals surface area contributed by atoms with Crippen LogP contribution < -0.4 is 11.2 Å². The maximum atomic E-state index is 12.1. The molecule has 2 rings (SSSR count). The van der Waals surface area contributed by atoms with Gasteiger partial charge in [0, 0.05) is 25.7 Å². The fourth-order valence-corrected chi connectivity index (χ4v) is 2.09. The minimum Gasteiger partial charge on any atom is -0.278 e. The van der Waals surface area contributed by atoms with Gasteiger partial charge in [-0.05, 0) is 13.3 Å². The summed E-state index contributed by atoms with van der Waals surface area (Å²) in [4.78, 5) is 28.3. The van der Waals surface area contributed by atoms with Crippen LogP contribution in [0, 0.1) is 0 Å². The van der Waals surface area contributed by atoms with Gasteiger partial charge in [0.1, 0.15) is 5.82 Å². The molecule has 0 saturated heterocycles. The zero-order valence-corrected chi connectivity index (χ0v) is 10.3. The van der Waals surface area contributed by atoms with Gasteiger partial charge in [-0.15, -0.1) is 0 Å². The van der Waals surface area contributed by atoms with E-state index >= 15 is 0 Å². The van der Waals surface area contributed by atoms with Crippen molar-refractivity contribution in [3.8, 4) is 0 Å². The van der Waals surface area contributed by atoms with E-state index in [9.17, 15) is 9.59 Å². The summed E-state index contributed by atoms with van der Waals surface area (Å²) in [5, 5.41) is 0. The Kier molecular flexibility index (Phi) is 3.26. The summed E-state index contributed by atoms with van der Waals surface area (Å²) >= 11 is 0. The van der Waals surface area contributed by atoms with Crippen molar-refractivity contribution in [3.63, 3.8) is 0 Å². The Bertz CT molecular complexity index is 566. The summed E-state index contributed by atoms with van der Waals surface area (Å²) in [6.45, 7) is 4.94. The highest BCUT2D eigenvalue weighted by molar-refractivity contribution is 5.73. The molecule has 0 unspecified atom stereocenters. The Morgan fingerprint density at radius 2 is 2.06 bits per heavy atom. The van der Waals surface area contributed by atoms with Crippen LogP contribution in [0.1, 0.15) is 32.3 Å². The van der Waals surface area contributed by atoms with Crippen molar-refractivity contribution in [2.24, 2.45) is 4.99 Å². The fourth-order valence-electron chi connectivity index (χ4n) is 2.09. The summed E-state index contributed by atoms with van der Waals surface area (Å²) in [6, 6.07) is 0. The van der Waals surface area contributed by atoms with Crippen LogP contribution in [0.3, 0.4) is 0 Å². The van der Waals surface area contributed by atoms with Crippen molar-refractivity contribution in [1.29, 1.82) is 0 Å². The highest BCUT2D eigenvalue weighted by Gasteiger charge is 2.19. The second kappa shape index (κ2) is 4.69. The van der Waals surface area contributed by atoms with Crippen molar-refractivity contribution in [2.45, 2.75) is 46.2 Å². The lowest BCUT2D eigenvalue weighted by molar-refractivity contribution is 0.546. The molecule has 0 bridgehead atoms. The molecular formula is C12H17N3O2. The molecule has 0 atom stereocenters. The fraction of sp³-hybridized carbons (Fsp3) is 0.583. The van der Waals surface area contributed by atoms with Crippen LogP contribution in [0.5, 0.6) is 0 Å². The first-order valence-electron chi connectivity index (χ1n) is 6.09. The summed E-state index contributed by atoms with van der Waals surface area (Å²) in [6.07, 6.45) is 4.18. The molecule has 5 nitrogen and oxygen atoms in total. The Hall–Kier alpha value is -1.65. The van der Waals surface area contributed by atoms with Gasteiger partial charge in [-0.1, -0.05) is 13.3 Å². The molecule has 0 amide bonds. The van der Waals surface area contributed by atoms with E-state index < -0.39 is 0 Å². The predicted molar refractivity (Wildman–Crippen MR) is 67.4 cm³/mol. The molecule has 0 aromatic carbocycles. The summed E-state index contributed by atoms with van der Waals surface area (Å²) in [5.74, 6) is 0.568. The normalized spacial score (nSPS) is 13.1. The molecular weight excluding hydrogens is 218 g/mol. The van der Waals surface area contributed by atoms with Crippen LogP contribution >= 0.6 is 0 Å². The first-order valence-corrected chi connectivity index (χ1v) is 6.09. The van der Waals surface area contributed by atoms with Gasteiger partial charge < -0.3 is 0 Å². The van der Waals surface area contributed by atoms with Gasteiger partial charge in [0.05, 0.1) is 5.56 Å². The highest BCUT2D eigenvalue weighted by atomic mass is 16.2. The average molecular weight is 235 g/mol. The Balaban J connectivity index is 2.65. The molecule has 1 aromatic rings. The smallest absolute Gasteiger partial charge is 0.278 e. The molecule has 0 radical (unpaired) electrons. The Morgan fingerprint density at radius 1 is 1.29 bits per heavy atom. The average Bonchev–Trinajstić information content (AvgIpc) is 2.79. The van der Waals surface area contributed by atoms with E-state index in [2.05, 4.69) is 11.9 Å². The number of aromatic nitrogens is 2. The van der Waals surface area contributed by atoms with E-state index in [0.717, 1.165) is 12.8 Å². The predicted octanol–water partition coefficient (Wildman–Crippen LogP) is 1.09. The zero-order valence-electron chi connectivity index (χ0n) is 10.3. The van der Waals surface area contributed by atoms with Gasteiger partial charge in [0.2, 0.25) is 0 Å². The molecule has 1 aliphatic heterocycles. The van der Waals surface area contributed by atoms with Crippen molar-refractivity contribution in [3.05, 3.63) is 26.4 Å². The van der Waals surface area contributed by atoms with Gasteiger partial charge in [-0.2, -0.15) is 0 Å². The minimum absolute atomic E-state index is 0.183. The molecule has 2 heterocycles. The molecule has 5 heteroatoms. The number of unbranched alkanes of at least 4 members (excludes halogenated alkanes) is 1. The number of hydrogen-bond donors (Lipinski definition) is 0. The number of rotatable bonds is 4. The highest BCUT2D eigenvalue weighted by Crippen LogP contribution is 2.19. The molecule has 0 N–H and O–H groups in total. The van der Waals surface area contributed by atoms with E-state index in [1.807, 2.05) is 6.92 Å². The van der Waals surface area contributed by atoms with Crippen LogP contribution in [0.2, 0.25) is 0 Å². The quantitative estimate of drug-likeness (QED) is 0.784. The maximum Gasteiger partial charge on any atom is 0.332 e. The SMILES string of the molecule is CCCCn1c2c(c(=O)n(CC)c1=O)CC=N2. The second-order valence-electron chi connectivity index (χ2n) is 4.16. The number of hydrogen-bond acceptors (Lipinski definition) is 3. The van der Waals surface area contributed by atoms with Gasteiger partial charge in [0.25, 0.3) is 5.56 Å². The van der Waals surface area contributed by atoms with Crippen LogP contribution in [-0.2, 0) is 19.5 Å². The third kappa shape index (κ3) is 1.85. The molecule has 92 valence electrons. The summed E-state index contributed by atoms with van der Waals surface area (Å²) in [7, 11) is 0. The lowest BCUT2D eigenvalue weighted by Gasteiger charge is -2.12. The van der Waals surface area contributed by atoms with E-state index in [4.69, 9.17) is 0 Å². The molecule has 0 fully saturated rings. The summed E-state index contributed by atoms with van der Waals surface area (Å²) in [5.41, 5.74) is 0.240. The lowest BCUT2D eigenvalue weighted by atomic mass is 10.2. The van der Waals surface area contributed by atoms with E-state index in [-0.39, 0.29) is 11.2 Å². The maximum absolute atomic E-state index is 12.1. The standard InChI is InChI=1S/C12H17N3O2/c1-3-5-8-15-10-9(6-7-13-10)11(16)14(4-2)12(15)17/h7H,3-6,8H2,1-2H3. The van der Waals surface area contributed by atoms with Gasteiger partial charge in [-0.25, -0.2) is 9.79 Å². The zero-order chi connectivity index (χ0) is 12.4. The second-order valence-corrected chi connectivity index (χ2v) is 4.16.